The summed E-state index contributed by atoms with van der Waals surface area (Å²) in [5.74, 6) is 0.138. The number of carbonyl (C=O) groups is 1. The quantitative estimate of drug-likeness (QED) is 0.362. The van der Waals surface area contributed by atoms with Gasteiger partial charge in [-0.3, -0.25) is 9.79 Å². The van der Waals surface area contributed by atoms with Gasteiger partial charge in [0.05, 0.1) is 17.8 Å². The molecule has 0 bridgehead atoms. The molecule has 1 amide bonds. The summed E-state index contributed by atoms with van der Waals surface area (Å²) in [7, 11) is 0. The maximum absolute atomic E-state index is 13.8. The summed E-state index contributed by atoms with van der Waals surface area (Å²) >= 11 is 1.71. The zero-order valence-corrected chi connectivity index (χ0v) is 20.8. The molecule has 9 heteroatoms. The number of amides is 1. The largest absolute Gasteiger partial charge is 0.394 e. The molecule has 1 saturated heterocycles. The van der Waals surface area contributed by atoms with Gasteiger partial charge in [0.25, 0.3) is 0 Å². The number of thiophene rings is 1. The van der Waals surface area contributed by atoms with Gasteiger partial charge in [-0.2, -0.15) is 0 Å². The molecule has 184 valence electrons. The zero-order valence-electron chi connectivity index (χ0n) is 19.9. The lowest BCUT2D eigenvalue weighted by Crippen LogP contribution is -2.43. The van der Waals surface area contributed by atoms with Crippen LogP contribution in [0.4, 0.5) is 21.6 Å². The number of nitrogens with zero attached hydrogens (tertiary/aromatic N) is 4. The van der Waals surface area contributed by atoms with Crippen LogP contribution < -0.4 is 16.0 Å². The van der Waals surface area contributed by atoms with Crippen molar-refractivity contribution in [1.29, 1.82) is 0 Å². The van der Waals surface area contributed by atoms with E-state index in [4.69, 9.17) is 5.73 Å². The molecule has 1 aliphatic rings. The first-order valence-electron chi connectivity index (χ1n) is 11.9. The Labute approximate surface area is 212 Å². The van der Waals surface area contributed by atoms with Crippen LogP contribution in [0.25, 0.3) is 10.1 Å². The van der Waals surface area contributed by atoms with Crippen molar-refractivity contribution in [2.24, 2.45) is 10.9 Å². The van der Waals surface area contributed by atoms with Crippen LogP contribution in [0.3, 0.4) is 0 Å². The number of benzene rings is 2. The summed E-state index contributed by atoms with van der Waals surface area (Å²) in [5, 5.41) is 6.36. The van der Waals surface area contributed by atoms with Crippen LogP contribution in [0, 0.1) is 18.7 Å². The van der Waals surface area contributed by atoms with Crippen LogP contribution in [0.5, 0.6) is 0 Å². The summed E-state index contributed by atoms with van der Waals surface area (Å²) < 4.78 is 15.1. The number of hydrogen-bond donors (Lipinski definition) is 2. The normalized spacial score (nSPS) is 16.1. The highest BCUT2D eigenvalue weighted by molar-refractivity contribution is 7.17. The third-order valence-corrected chi connectivity index (χ3v) is 7.36. The van der Waals surface area contributed by atoms with Crippen molar-refractivity contribution < 1.29 is 9.18 Å². The zero-order chi connectivity index (χ0) is 25.1. The van der Waals surface area contributed by atoms with E-state index in [9.17, 15) is 9.18 Å². The molecule has 7 nitrogen and oxygen atoms in total. The maximum Gasteiger partial charge on any atom is 0.225 e. The number of aryl methyl sites for hydroxylation is 1. The van der Waals surface area contributed by atoms with E-state index in [0.717, 1.165) is 24.9 Å². The highest BCUT2D eigenvalue weighted by Gasteiger charge is 2.28. The van der Waals surface area contributed by atoms with Gasteiger partial charge >= 0.3 is 0 Å². The molecule has 1 atom stereocenters. The fourth-order valence-corrected chi connectivity index (χ4v) is 5.17. The minimum absolute atomic E-state index is 0.0286. The lowest BCUT2D eigenvalue weighted by molar-refractivity contribution is -0.125. The number of piperidine rings is 1. The van der Waals surface area contributed by atoms with E-state index in [-0.39, 0.29) is 17.6 Å². The Bertz CT molecular complexity index is 1440. The van der Waals surface area contributed by atoms with E-state index < -0.39 is 0 Å². The van der Waals surface area contributed by atoms with E-state index >= 15 is 0 Å². The molecule has 0 radical (unpaired) electrons. The van der Waals surface area contributed by atoms with Crippen molar-refractivity contribution in [1.82, 2.24) is 15.3 Å². The number of nitrogens with one attached hydrogen (secondary N) is 1. The summed E-state index contributed by atoms with van der Waals surface area (Å²) in [4.78, 5) is 28.0. The highest BCUT2D eigenvalue weighted by atomic mass is 32.1. The van der Waals surface area contributed by atoms with E-state index in [1.165, 1.54) is 28.7 Å². The molecule has 36 heavy (non-hydrogen) atoms. The third-order valence-electron chi connectivity index (χ3n) is 6.46. The Morgan fingerprint density at radius 2 is 2.17 bits per heavy atom. The molecule has 0 unspecified atom stereocenters. The van der Waals surface area contributed by atoms with Crippen molar-refractivity contribution in [2.45, 2.75) is 26.3 Å². The smallest absolute Gasteiger partial charge is 0.225 e. The SMILES string of the molecule is Cc1ccc(N=Cc2ncnc(N3CCC[C@H](C(=O)NCc4ccc5sccc5c4)C3)c2N)cc1F. The lowest BCUT2D eigenvalue weighted by atomic mass is 9.97. The Kier molecular flexibility index (Phi) is 6.90. The molecule has 4 aromatic rings. The number of anilines is 2. The van der Waals surface area contributed by atoms with Crippen LogP contribution >= 0.6 is 11.3 Å². The molecule has 0 spiro atoms. The predicted octanol–water partition coefficient (Wildman–Crippen LogP) is 5.00. The topological polar surface area (TPSA) is 96.5 Å². The third kappa shape index (κ3) is 5.21. The van der Waals surface area contributed by atoms with Crippen LogP contribution in [0.2, 0.25) is 0 Å². The minimum Gasteiger partial charge on any atom is -0.394 e. The van der Waals surface area contributed by atoms with Gasteiger partial charge in [0.15, 0.2) is 5.82 Å². The van der Waals surface area contributed by atoms with Crippen LogP contribution in [0.15, 0.2) is 59.2 Å². The van der Waals surface area contributed by atoms with Crippen LogP contribution in [-0.2, 0) is 11.3 Å². The highest BCUT2D eigenvalue weighted by Crippen LogP contribution is 2.28. The molecule has 2 aromatic heterocycles. The van der Waals surface area contributed by atoms with Crippen molar-refractivity contribution in [2.75, 3.05) is 23.7 Å². The standard InChI is InChI=1S/C27H27FN6OS/c1-17-4-6-21(12-22(17)28)30-14-23-25(29)26(33-16-32-23)34-9-2-3-20(15-34)27(35)31-13-18-5-7-24-19(11-18)8-10-36-24/h4-8,10-12,14,16,20H,2-3,9,13,15,29H2,1H3,(H,31,35)/t20-/m0/s1. The molecule has 0 saturated carbocycles. The first-order chi connectivity index (χ1) is 17.5. The summed E-state index contributed by atoms with van der Waals surface area (Å²) in [6, 6.07) is 13.1. The molecule has 2 aromatic carbocycles. The van der Waals surface area contributed by atoms with Gasteiger partial charge < -0.3 is 16.0 Å². The molecule has 5 rings (SSSR count). The van der Waals surface area contributed by atoms with E-state index in [0.29, 0.717) is 41.5 Å². The average Bonchev–Trinajstić information content (AvgIpc) is 3.37. The maximum atomic E-state index is 13.8. The first-order valence-corrected chi connectivity index (χ1v) is 12.8. The number of carbonyl (C=O) groups excluding carboxylic acids is 1. The number of halogens is 1. The summed E-state index contributed by atoms with van der Waals surface area (Å²) in [6.45, 7) is 3.47. The number of aromatic nitrogens is 2. The number of hydrogen-bond acceptors (Lipinski definition) is 7. The van der Waals surface area contributed by atoms with Crippen molar-refractivity contribution in [3.05, 3.63) is 76.8 Å². The van der Waals surface area contributed by atoms with Gasteiger partial charge in [-0.1, -0.05) is 12.1 Å². The second-order valence-corrected chi connectivity index (χ2v) is 9.93. The van der Waals surface area contributed by atoms with Gasteiger partial charge in [0, 0.05) is 24.3 Å². The fraction of sp³-hybridized carbons (Fsp3) is 0.259. The number of nitrogen functional groups attached to an aromatic ring is 1. The number of fused-ring (bicyclic) bond motifs is 1. The first kappa shape index (κ1) is 23.9. The van der Waals surface area contributed by atoms with E-state index in [2.05, 4.69) is 49.9 Å². The lowest BCUT2D eigenvalue weighted by Gasteiger charge is -2.33. The monoisotopic (exact) mass is 502 g/mol. The summed E-state index contributed by atoms with van der Waals surface area (Å²) in [6.07, 6.45) is 4.62. The van der Waals surface area contributed by atoms with Crippen molar-refractivity contribution >= 4 is 50.7 Å². The second kappa shape index (κ2) is 10.4. The van der Waals surface area contributed by atoms with Gasteiger partial charge in [-0.25, -0.2) is 14.4 Å². The minimum atomic E-state index is -0.314. The molecule has 1 aliphatic heterocycles. The Morgan fingerprint density at radius 3 is 3.03 bits per heavy atom. The van der Waals surface area contributed by atoms with Crippen LogP contribution in [-0.4, -0.2) is 35.2 Å². The summed E-state index contributed by atoms with van der Waals surface area (Å²) in [5.41, 5.74) is 9.36. The second-order valence-electron chi connectivity index (χ2n) is 8.98. The number of nitrogens with two attached hydrogens (primary N) is 1. The number of rotatable bonds is 6. The average molecular weight is 503 g/mol. The Hall–Kier alpha value is -3.85. The van der Waals surface area contributed by atoms with E-state index in [1.54, 1.807) is 30.4 Å². The van der Waals surface area contributed by atoms with Gasteiger partial charge in [0.2, 0.25) is 5.91 Å². The van der Waals surface area contributed by atoms with Gasteiger partial charge in [0.1, 0.15) is 23.5 Å². The Balaban J connectivity index is 1.25. The fourth-order valence-electron chi connectivity index (χ4n) is 4.40. The molecule has 1 fully saturated rings. The molecule has 3 N–H and O–H groups in total. The molecule has 0 aliphatic carbocycles. The van der Waals surface area contributed by atoms with Crippen molar-refractivity contribution in [3.8, 4) is 0 Å². The number of aliphatic imine (C=N–C) groups is 1. The van der Waals surface area contributed by atoms with Crippen molar-refractivity contribution in [3.63, 3.8) is 0 Å². The molecule has 3 heterocycles. The van der Waals surface area contributed by atoms with Gasteiger partial charge in [-0.05, 0) is 72.0 Å². The predicted molar refractivity (Wildman–Crippen MR) is 143 cm³/mol. The van der Waals surface area contributed by atoms with Gasteiger partial charge in [-0.15, -0.1) is 11.3 Å². The van der Waals surface area contributed by atoms with Crippen LogP contribution in [0.1, 0.15) is 29.7 Å². The molecular formula is C27H27FN6OS. The Morgan fingerprint density at radius 1 is 1.28 bits per heavy atom. The molecular weight excluding hydrogens is 475 g/mol. The van der Waals surface area contributed by atoms with E-state index in [1.807, 2.05) is 4.90 Å².